The van der Waals surface area contributed by atoms with Gasteiger partial charge in [0, 0.05) is 20.2 Å². The number of halogens is 1. The van der Waals surface area contributed by atoms with E-state index in [0.29, 0.717) is 5.56 Å². The summed E-state index contributed by atoms with van der Waals surface area (Å²) >= 11 is 0. The first-order valence-corrected chi connectivity index (χ1v) is 8.74. The fourth-order valence-electron chi connectivity index (χ4n) is 3.46. The van der Waals surface area contributed by atoms with E-state index in [1.165, 1.54) is 24.1 Å². The van der Waals surface area contributed by atoms with Crippen LogP contribution in [0.2, 0.25) is 0 Å². The molecule has 27 heavy (non-hydrogen) atoms. The Balaban J connectivity index is 1.81. The number of hydrogen-bond donors (Lipinski definition) is 1. The van der Waals surface area contributed by atoms with E-state index in [-0.39, 0.29) is 31.7 Å². The van der Waals surface area contributed by atoms with Gasteiger partial charge in [-0.05, 0) is 36.6 Å². The lowest BCUT2D eigenvalue weighted by atomic mass is 9.88. The molecule has 142 valence electrons. The molecule has 1 aliphatic heterocycles. The Bertz CT molecular complexity index is 865. The fourth-order valence-corrected chi connectivity index (χ4v) is 3.46. The Hall–Kier alpha value is -2.73. The van der Waals surface area contributed by atoms with Gasteiger partial charge in [-0.1, -0.05) is 35.9 Å². The van der Waals surface area contributed by atoms with Crippen LogP contribution < -0.4 is 0 Å². The van der Waals surface area contributed by atoms with E-state index in [1.807, 2.05) is 31.2 Å². The molecule has 0 radical (unpaired) electrons. The number of amides is 1. The lowest BCUT2D eigenvalue weighted by Gasteiger charge is -2.24. The van der Waals surface area contributed by atoms with Gasteiger partial charge in [0.25, 0.3) is 5.91 Å². The molecule has 6 heteroatoms. The number of likely N-dealkylation sites (tertiary alicyclic amines) is 1. The zero-order valence-electron chi connectivity index (χ0n) is 15.4. The normalized spacial score (nSPS) is 19.3. The molecule has 2 aromatic carbocycles. The summed E-state index contributed by atoms with van der Waals surface area (Å²) in [7, 11) is 1.43. The molecule has 1 amide bonds. The number of nitrogens with zero attached hydrogens (tertiary/aromatic N) is 1. The Morgan fingerprint density at radius 2 is 1.85 bits per heavy atom. The van der Waals surface area contributed by atoms with Crippen LogP contribution in [-0.4, -0.2) is 48.7 Å². The van der Waals surface area contributed by atoms with E-state index in [0.717, 1.165) is 11.1 Å². The van der Waals surface area contributed by atoms with E-state index < -0.39 is 23.1 Å². The molecular weight excluding hydrogens is 349 g/mol. The van der Waals surface area contributed by atoms with Crippen LogP contribution in [0.4, 0.5) is 4.39 Å². The highest BCUT2D eigenvalue weighted by molar-refractivity contribution is 5.96. The number of benzene rings is 2. The van der Waals surface area contributed by atoms with Crippen molar-refractivity contribution >= 4 is 11.9 Å². The molecule has 0 aromatic heterocycles. The Morgan fingerprint density at radius 1 is 1.19 bits per heavy atom. The molecule has 0 spiro atoms. The van der Waals surface area contributed by atoms with Crippen LogP contribution >= 0.6 is 0 Å². The zero-order chi connectivity index (χ0) is 19.6. The van der Waals surface area contributed by atoms with E-state index in [2.05, 4.69) is 0 Å². The molecule has 1 aliphatic rings. The van der Waals surface area contributed by atoms with Crippen molar-refractivity contribution in [3.05, 3.63) is 59.4 Å². The summed E-state index contributed by atoms with van der Waals surface area (Å²) in [4.78, 5) is 25.7. The number of aryl methyl sites for hydroxylation is 1. The third kappa shape index (κ3) is 3.71. The van der Waals surface area contributed by atoms with Crippen LogP contribution in [-0.2, 0) is 9.53 Å². The SMILES string of the molecule is COCC1(C(=O)O)CCN(C(=O)c2ccc(-c3ccc(C)cc3)cc2F)C1. The van der Waals surface area contributed by atoms with Gasteiger partial charge in [-0.25, -0.2) is 4.39 Å². The average molecular weight is 371 g/mol. The van der Waals surface area contributed by atoms with Gasteiger partial charge in [0.1, 0.15) is 11.2 Å². The number of carbonyl (C=O) groups is 2. The van der Waals surface area contributed by atoms with E-state index in [4.69, 9.17) is 4.74 Å². The van der Waals surface area contributed by atoms with Crippen LogP contribution in [0.5, 0.6) is 0 Å². The van der Waals surface area contributed by atoms with Gasteiger partial charge in [0.15, 0.2) is 0 Å². The summed E-state index contributed by atoms with van der Waals surface area (Å²) in [5, 5.41) is 9.51. The highest BCUT2D eigenvalue weighted by Gasteiger charge is 2.46. The van der Waals surface area contributed by atoms with E-state index in [1.54, 1.807) is 6.07 Å². The number of rotatable bonds is 5. The average Bonchev–Trinajstić information content (AvgIpc) is 3.08. The molecular formula is C21H22FNO4. The summed E-state index contributed by atoms with van der Waals surface area (Å²) in [6.07, 6.45) is 0.283. The number of carbonyl (C=O) groups excluding carboxylic acids is 1. The molecule has 0 aliphatic carbocycles. The van der Waals surface area contributed by atoms with Crippen molar-refractivity contribution in [1.29, 1.82) is 0 Å². The van der Waals surface area contributed by atoms with Crippen molar-refractivity contribution < 1.29 is 23.8 Å². The molecule has 1 heterocycles. The van der Waals surface area contributed by atoms with E-state index >= 15 is 0 Å². The van der Waals surface area contributed by atoms with Crippen molar-refractivity contribution in [3.63, 3.8) is 0 Å². The summed E-state index contributed by atoms with van der Waals surface area (Å²) in [6, 6.07) is 12.2. The molecule has 3 rings (SSSR count). The topological polar surface area (TPSA) is 66.8 Å². The second-order valence-electron chi connectivity index (χ2n) is 7.06. The highest BCUT2D eigenvalue weighted by Crippen LogP contribution is 2.33. The second-order valence-corrected chi connectivity index (χ2v) is 7.06. The largest absolute Gasteiger partial charge is 0.481 e. The first-order chi connectivity index (χ1) is 12.9. The first kappa shape index (κ1) is 19.0. The molecule has 5 nitrogen and oxygen atoms in total. The van der Waals surface area contributed by atoms with Crippen molar-refractivity contribution in [1.82, 2.24) is 4.90 Å². The standard InChI is InChI=1S/C21H22FNO4/c1-14-3-5-15(6-4-14)16-7-8-17(18(22)11-16)19(24)23-10-9-21(12-23,13-27-2)20(25)26/h3-8,11H,9-10,12-13H2,1-2H3,(H,25,26). The maximum atomic E-state index is 14.6. The minimum atomic E-state index is -1.14. The maximum absolute atomic E-state index is 14.6. The minimum Gasteiger partial charge on any atom is -0.481 e. The summed E-state index contributed by atoms with van der Waals surface area (Å²) in [6.45, 7) is 2.26. The van der Waals surface area contributed by atoms with Crippen molar-refractivity contribution in [2.24, 2.45) is 5.41 Å². The van der Waals surface area contributed by atoms with Gasteiger partial charge in [-0.15, -0.1) is 0 Å². The summed E-state index contributed by atoms with van der Waals surface area (Å²) in [5.74, 6) is -2.12. The lowest BCUT2D eigenvalue weighted by Crippen LogP contribution is -2.40. The van der Waals surface area contributed by atoms with Gasteiger partial charge < -0.3 is 14.7 Å². The molecule has 1 atom stereocenters. The van der Waals surface area contributed by atoms with Crippen molar-refractivity contribution in [2.45, 2.75) is 13.3 Å². The summed E-state index contributed by atoms with van der Waals surface area (Å²) in [5.41, 5.74) is 1.47. The zero-order valence-corrected chi connectivity index (χ0v) is 15.4. The molecule has 0 bridgehead atoms. The minimum absolute atomic E-state index is 0.00810. The van der Waals surface area contributed by atoms with Crippen LogP contribution in [0.1, 0.15) is 22.3 Å². The molecule has 2 aromatic rings. The van der Waals surface area contributed by atoms with Crippen LogP contribution in [0.3, 0.4) is 0 Å². The van der Waals surface area contributed by atoms with Gasteiger partial charge in [0.05, 0.1) is 12.2 Å². The first-order valence-electron chi connectivity index (χ1n) is 8.74. The van der Waals surface area contributed by atoms with Gasteiger partial charge in [0.2, 0.25) is 0 Å². The highest BCUT2D eigenvalue weighted by atomic mass is 19.1. The van der Waals surface area contributed by atoms with E-state index in [9.17, 15) is 19.1 Å². The number of carboxylic acids is 1. The molecule has 1 unspecified atom stereocenters. The predicted octanol–water partition coefficient (Wildman–Crippen LogP) is 3.36. The number of ether oxygens (including phenoxy) is 1. The monoisotopic (exact) mass is 371 g/mol. The number of hydrogen-bond acceptors (Lipinski definition) is 3. The van der Waals surface area contributed by atoms with Gasteiger partial charge >= 0.3 is 5.97 Å². The fraction of sp³-hybridized carbons (Fsp3) is 0.333. The van der Waals surface area contributed by atoms with Crippen LogP contribution in [0.15, 0.2) is 42.5 Å². The van der Waals surface area contributed by atoms with Gasteiger partial charge in [-0.3, -0.25) is 9.59 Å². The quantitative estimate of drug-likeness (QED) is 0.875. The second kappa shape index (κ2) is 7.48. The maximum Gasteiger partial charge on any atom is 0.313 e. The lowest BCUT2D eigenvalue weighted by molar-refractivity contribution is -0.151. The Morgan fingerprint density at radius 3 is 2.44 bits per heavy atom. The smallest absolute Gasteiger partial charge is 0.313 e. The molecule has 1 fully saturated rings. The number of carboxylic acid groups (broad SMARTS) is 1. The number of methoxy groups -OCH3 is 1. The molecule has 1 N–H and O–H groups in total. The third-order valence-electron chi connectivity index (χ3n) is 5.10. The molecule has 0 saturated carbocycles. The van der Waals surface area contributed by atoms with Crippen LogP contribution in [0, 0.1) is 18.2 Å². The summed E-state index contributed by atoms with van der Waals surface area (Å²) < 4.78 is 19.7. The van der Waals surface area contributed by atoms with Crippen molar-refractivity contribution in [3.8, 4) is 11.1 Å². The Labute approximate surface area is 157 Å². The van der Waals surface area contributed by atoms with Gasteiger partial charge in [-0.2, -0.15) is 0 Å². The van der Waals surface area contributed by atoms with Crippen molar-refractivity contribution in [2.75, 3.05) is 26.8 Å². The molecule has 1 saturated heterocycles. The predicted molar refractivity (Wildman–Crippen MR) is 99.0 cm³/mol. The third-order valence-corrected chi connectivity index (χ3v) is 5.10. The number of aliphatic carboxylic acids is 1. The Kier molecular flexibility index (Phi) is 5.28. The van der Waals surface area contributed by atoms with Crippen LogP contribution in [0.25, 0.3) is 11.1 Å².